The largest absolute Gasteiger partial charge is 0.344 e. The molecular formula is C13H23N3O. The van der Waals surface area contributed by atoms with E-state index in [9.17, 15) is 4.79 Å². The maximum atomic E-state index is 11.8. The number of nitriles is 1. The summed E-state index contributed by atoms with van der Waals surface area (Å²) >= 11 is 0. The summed E-state index contributed by atoms with van der Waals surface area (Å²) in [6.07, 6.45) is 4.04. The molecule has 96 valence electrons. The molecule has 0 bridgehead atoms. The Kier molecular flexibility index (Phi) is 5.99. The molecule has 1 fully saturated rings. The predicted molar refractivity (Wildman–Crippen MR) is 67.2 cm³/mol. The van der Waals surface area contributed by atoms with Crippen molar-refractivity contribution in [1.82, 2.24) is 10.2 Å². The molecule has 1 rings (SSSR count). The van der Waals surface area contributed by atoms with E-state index in [0.29, 0.717) is 18.9 Å². The first-order valence-corrected chi connectivity index (χ1v) is 6.47. The van der Waals surface area contributed by atoms with Gasteiger partial charge in [-0.15, -0.1) is 0 Å². The number of rotatable bonds is 5. The van der Waals surface area contributed by atoms with E-state index in [1.807, 2.05) is 6.92 Å². The zero-order valence-corrected chi connectivity index (χ0v) is 10.9. The van der Waals surface area contributed by atoms with Crippen LogP contribution >= 0.6 is 0 Å². The molecule has 1 aliphatic heterocycles. The third-order valence-corrected chi connectivity index (χ3v) is 3.36. The van der Waals surface area contributed by atoms with Crippen molar-refractivity contribution in [2.75, 3.05) is 26.7 Å². The van der Waals surface area contributed by atoms with Crippen molar-refractivity contribution in [3.05, 3.63) is 0 Å². The molecule has 17 heavy (non-hydrogen) atoms. The van der Waals surface area contributed by atoms with Crippen LogP contribution in [0.3, 0.4) is 0 Å². The lowest BCUT2D eigenvalue weighted by Crippen LogP contribution is -2.33. The van der Waals surface area contributed by atoms with E-state index in [4.69, 9.17) is 5.26 Å². The Morgan fingerprint density at radius 3 is 3.00 bits per heavy atom. The van der Waals surface area contributed by atoms with Gasteiger partial charge in [0, 0.05) is 20.0 Å². The molecule has 1 N–H and O–H groups in total. The zero-order valence-electron chi connectivity index (χ0n) is 10.9. The second-order valence-corrected chi connectivity index (χ2v) is 5.06. The maximum Gasteiger partial charge on any atom is 0.222 e. The van der Waals surface area contributed by atoms with Gasteiger partial charge in [-0.25, -0.2) is 0 Å². The Balaban J connectivity index is 2.21. The van der Waals surface area contributed by atoms with Crippen molar-refractivity contribution in [3.63, 3.8) is 0 Å². The van der Waals surface area contributed by atoms with Crippen molar-refractivity contribution >= 4 is 5.91 Å². The normalized spacial score (nSPS) is 21.6. The number of hydrogen-bond acceptors (Lipinski definition) is 3. The summed E-state index contributed by atoms with van der Waals surface area (Å²) in [5, 5.41) is 12.1. The first-order valence-electron chi connectivity index (χ1n) is 6.47. The lowest BCUT2D eigenvalue weighted by atomic mass is 9.94. The monoisotopic (exact) mass is 237 g/mol. The van der Waals surface area contributed by atoms with Crippen LogP contribution in [-0.4, -0.2) is 37.5 Å². The van der Waals surface area contributed by atoms with Crippen LogP contribution in [0.4, 0.5) is 0 Å². The van der Waals surface area contributed by atoms with Gasteiger partial charge in [0.15, 0.2) is 0 Å². The molecule has 0 spiro atoms. The number of hydrogen-bond donors (Lipinski definition) is 1. The molecule has 1 saturated heterocycles. The fraction of sp³-hybridized carbons (Fsp3) is 0.846. The Bertz CT molecular complexity index is 279. The quantitative estimate of drug-likeness (QED) is 0.786. The molecule has 2 unspecified atom stereocenters. The van der Waals surface area contributed by atoms with Crippen molar-refractivity contribution in [1.29, 1.82) is 5.26 Å². The summed E-state index contributed by atoms with van der Waals surface area (Å²) in [5.41, 5.74) is 0. The highest BCUT2D eigenvalue weighted by Crippen LogP contribution is 2.16. The van der Waals surface area contributed by atoms with Gasteiger partial charge in [-0.3, -0.25) is 4.79 Å². The summed E-state index contributed by atoms with van der Waals surface area (Å²) in [6.45, 7) is 4.54. The minimum absolute atomic E-state index is 0.0831. The van der Waals surface area contributed by atoms with Gasteiger partial charge in [-0.05, 0) is 45.2 Å². The molecule has 4 heteroatoms. The third-order valence-electron chi connectivity index (χ3n) is 3.36. The van der Waals surface area contributed by atoms with Crippen LogP contribution in [-0.2, 0) is 4.79 Å². The Morgan fingerprint density at radius 2 is 2.41 bits per heavy atom. The van der Waals surface area contributed by atoms with Crippen LogP contribution < -0.4 is 5.32 Å². The van der Waals surface area contributed by atoms with Gasteiger partial charge in [0.05, 0.1) is 12.0 Å². The number of carbonyl (C=O) groups excluding carboxylic acids is 1. The highest BCUT2D eigenvalue weighted by molar-refractivity contribution is 5.75. The topological polar surface area (TPSA) is 56.1 Å². The van der Waals surface area contributed by atoms with Crippen molar-refractivity contribution < 1.29 is 4.79 Å². The lowest BCUT2D eigenvalue weighted by Gasteiger charge is -2.24. The highest BCUT2D eigenvalue weighted by atomic mass is 16.2. The molecule has 4 nitrogen and oxygen atoms in total. The van der Waals surface area contributed by atoms with Gasteiger partial charge < -0.3 is 10.2 Å². The van der Waals surface area contributed by atoms with Crippen LogP contribution in [0.1, 0.15) is 32.6 Å². The smallest absolute Gasteiger partial charge is 0.222 e. The molecule has 0 aromatic carbocycles. The van der Waals surface area contributed by atoms with Crippen LogP contribution in [0, 0.1) is 23.2 Å². The minimum Gasteiger partial charge on any atom is -0.344 e. The average molecular weight is 237 g/mol. The SMILES string of the molecule is CC(C#N)CN(C)C(=O)CCC1CCCNC1. The van der Waals surface area contributed by atoms with Crippen molar-refractivity contribution in [2.24, 2.45) is 11.8 Å². The van der Waals surface area contributed by atoms with Gasteiger partial charge in [0.2, 0.25) is 5.91 Å². The first-order chi connectivity index (χ1) is 8.13. The summed E-state index contributed by atoms with van der Waals surface area (Å²) in [7, 11) is 1.79. The van der Waals surface area contributed by atoms with Gasteiger partial charge >= 0.3 is 0 Å². The average Bonchev–Trinajstić information content (AvgIpc) is 2.36. The van der Waals surface area contributed by atoms with Gasteiger partial charge in [0.1, 0.15) is 0 Å². The second-order valence-electron chi connectivity index (χ2n) is 5.06. The van der Waals surface area contributed by atoms with Gasteiger partial charge in [-0.1, -0.05) is 0 Å². The van der Waals surface area contributed by atoms with Crippen molar-refractivity contribution in [2.45, 2.75) is 32.6 Å². The van der Waals surface area contributed by atoms with E-state index in [1.54, 1.807) is 11.9 Å². The molecule has 0 aromatic heterocycles. The van der Waals surface area contributed by atoms with Gasteiger partial charge in [0.25, 0.3) is 0 Å². The molecule has 0 saturated carbocycles. The summed E-state index contributed by atoms with van der Waals surface area (Å²) in [5.74, 6) is 0.729. The van der Waals surface area contributed by atoms with Crippen LogP contribution in [0.25, 0.3) is 0 Å². The number of piperidine rings is 1. The molecule has 1 amide bonds. The molecule has 0 aromatic rings. The van der Waals surface area contributed by atoms with E-state index in [0.717, 1.165) is 19.5 Å². The fourth-order valence-corrected chi connectivity index (χ4v) is 2.24. The highest BCUT2D eigenvalue weighted by Gasteiger charge is 2.17. The third kappa shape index (κ3) is 5.18. The Hall–Kier alpha value is -1.08. The lowest BCUT2D eigenvalue weighted by molar-refractivity contribution is -0.130. The van der Waals surface area contributed by atoms with Gasteiger partial charge in [-0.2, -0.15) is 5.26 Å². The first kappa shape index (κ1) is 14.0. The molecule has 1 aliphatic rings. The van der Waals surface area contributed by atoms with E-state index in [1.165, 1.54) is 12.8 Å². The fourth-order valence-electron chi connectivity index (χ4n) is 2.24. The number of nitrogens with one attached hydrogen (secondary N) is 1. The Morgan fingerprint density at radius 1 is 1.65 bits per heavy atom. The van der Waals surface area contributed by atoms with Crippen LogP contribution in [0.5, 0.6) is 0 Å². The van der Waals surface area contributed by atoms with Crippen LogP contribution in [0.15, 0.2) is 0 Å². The van der Waals surface area contributed by atoms with E-state index in [-0.39, 0.29) is 11.8 Å². The number of nitrogens with zero attached hydrogens (tertiary/aromatic N) is 2. The molecule has 1 heterocycles. The van der Waals surface area contributed by atoms with E-state index < -0.39 is 0 Å². The number of amides is 1. The number of carbonyl (C=O) groups is 1. The van der Waals surface area contributed by atoms with E-state index >= 15 is 0 Å². The second kappa shape index (κ2) is 7.29. The standard InChI is InChI=1S/C13H23N3O/c1-11(8-14)10-16(2)13(17)6-5-12-4-3-7-15-9-12/h11-12,15H,3-7,9-10H2,1-2H3. The summed E-state index contributed by atoms with van der Waals surface area (Å²) in [6, 6.07) is 2.15. The molecule has 2 atom stereocenters. The molecule has 0 aliphatic carbocycles. The predicted octanol–water partition coefficient (Wildman–Crippen LogP) is 1.38. The summed E-state index contributed by atoms with van der Waals surface area (Å²) < 4.78 is 0. The maximum absolute atomic E-state index is 11.8. The molecule has 0 radical (unpaired) electrons. The van der Waals surface area contributed by atoms with Crippen molar-refractivity contribution in [3.8, 4) is 6.07 Å². The zero-order chi connectivity index (χ0) is 12.7. The minimum atomic E-state index is -0.0831. The Labute approximate surface area is 104 Å². The van der Waals surface area contributed by atoms with E-state index in [2.05, 4.69) is 11.4 Å². The van der Waals surface area contributed by atoms with Crippen LogP contribution in [0.2, 0.25) is 0 Å². The molecular weight excluding hydrogens is 214 g/mol. The summed E-state index contributed by atoms with van der Waals surface area (Å²) in [4.78, 5) is 13.5.